The Labute approximate surface area is 119 Å². The Kier molecular flexibility index (Phi) is 6.64. The van der Waals surface area contributed by atoms with E-state index in [9.17, 15) is 14.4 Å². The molecule has 1 unspecified atom stereocenters. The predicted octanol–water partition coefficient (Wildman–Crippen LogP) is 2.95. The molecule has 4 nitrogen and oxygen atoms in total. The first-order chi connectivity index (χ1) is 9.49. The molecule has 20 heavy (non-hydrogen) atoms. The lowest BCUT2D eigenvalue weighted by Crippen LogP contribution is -2.14. The van der Waals surface area contributed by atoms with Gasteiger partial charge in [0.2, 0.25) is 0 Å². The number of benzene rings is 1. The maximum Gasteiger partial charge on any atom is 0.302 e. The van der Waals surface area contributed by atoms with Gasteiger partial charge >= 0.3 is 5.97 Å². The highest BCUT2D eigenvalue weighted by molar-refractivity contribution is 5.98. The molecule has 0 radical (unpaired) electrons. The van der Waals surface area contributed by atoms with Gasteiger partial charge in [-0.1, -0.05) is 30.3 Å². The minimum atomic E-state index is -0.343. The van der Waals surface area contributed by atoms with Gasteiger partial charge < -0.3 is 4.74 Å². The molecule has 0 heterocycles. The molecular weight excluding hydrogens is 256 g/mol. The van der Waals surface area contributed by atoms with Gasteiger partial charge in [-0.05, 0) is 13.3 Å². The number of hydrogen-bond acceptors (Lipinski definition) is 4. The van der Waals surface area contributed by atoms with E-state index in [-0.39, 0.29) is 36.5 Å². The number of carbonyl (C=O) groups excluding carboxylic acids is 3. The number of esters is 1. The summed E-state index contributed by atoms with van der Waals surface area (Å²) in [5, 5.41) is 0. The van der Waals surface area contributed by atoms with Crippen molar-refractivity contribution in [2.45, 2.75) is 45.6 Å². The Balaban J connectivity index is 2.26. The van der Waals surface area contributed by atoms with Gasteiger partial charge in [0.25, 0.3) is 0 Å². The molecule has 1 atom stereocenters. The van der Waals surface area contributed by atoms with Crippen LogP contribution in [0, 0.1) is 0 Å². The Hall–Kier alpha value is -1.97. The lowest BCUT2D eigenvalue weighted by molar-refractivity contribution is -0.146. The van der Waals surface area contributed by atoms with Crippen LogP contribution in [0.2, 0.25) is 0 Å². The van der Waals surface area contributed by atoms with Crippen LogP contribution in [0.15, 0.2) is 30.3 Å². The van der Waals surface area contributed by atoms with Gasteiger partial charge in [0.1, 0.15) is 5.78 Å². The van der Waals surface area contributed by atoms with Crippen LogP contribution in [0.3, 0.4) is 0 Å². The molecule has 0 aliphatic rings. The standard InChI is InChI=1S/C16H20O4/c1-12(20-13(2)17)8-9-15(18)10-11-16(19)14-6-4-3-5-7-14/h3-7,12H,8-11H2,1-2H3. The van der Waals surface area contributed by atoms with Crippen molar-refractivity contribution in [3.63, 3.8) is 0 Å². The Morgan fingerprint density at radius 1 is 1.05 bits per heavy atom. The van der Waals surface area contributed by atoms with Crippen molar-refractivity contribution in [1.29, 1.82) is 0 Å². The van der Waals surface area contributed by atoms with Crippen molar-refractivity contribution in [3.05, 3.63) is 35.9 Å². The van der Waals surface area contributed by atoms with E-state index in [4.69, 9.17) is 4.74 Å². The van der Waals surface area contributed by atoms with Gasteiger partial charge in [0.05, 0.1) is 6.10 Å². The molecule has 1 aromatic carbocycles. The zero-order valence-corrected chi connectivity index (χ0v) is 11.9. The largest absolute Gasteiger partial charge is 0.463 e. The molecule has 1 aromatic rings. The molecule has 0 aromatic heterocycles. The van der Waals surface area contributed by atoms with E-state index in [0.29, 0.717) is 18.4 Å². The number of Topliss-reactive ketones (excluding diaryl/α,β-unsaturated/α-hetero) is 2. The van der Waals surface area contributed by atoms with Crippen LogP contribution in [0.1, 0.15) is 49.9 Å². The SMILES string of the molecule is CC(=O)OC(C)CCC(=O)CCC(=O)c1ccccc1. The number of rotatable bonds is 8. The summed E-state index contributed by atoms with van der Waals surface area (Å²) in [5.41, 5.74) is 0.633. The Morgan fingerprint density at radius 2 is 1.70 bits per heavy atom. The van der Waals surface area contributed by atoms with Gasteiger partial charge in [-0.25, -0.2) is 0 Å². The molecule has 4 heteroatoms. The molecule has 108 valence electrons. The fourth-order valence-electron chi connectivity index (χ4n) is 1.85. The van der Waals surface area contributed by atoms with Crippen LogP contribution in [-0.2, 0) is 14.3 Å². The van der Waals surface area contributed by atoms with Crippen molar-refractivity contribution in [3.8, 4) is 0 Å². The second kappa shape index (κ2) is 8.25. The molecule has 0 N–H and O–H groups in total. The van der Waals surface area contributed by atoms with Gasteiger partial charge in [0.15, 0.2) is 5.78 Å². The second-order valence-electron chi connectivity index (χ2n) is 4.79. The highest BCUT2D eigenvalue weighted by Crippen LogP contribution is 2.09. The van der Waals surface area contributed by atoms with E-state index in [1.54, 1.807) is 31.2 Å². The van der Waals surface area contributed by atoms with Crippen molar-refractivity contribution in [1.82, 2.24) is 0 Å². The van der Waals surface area contributed by atoms with E-state index >= 15 is 0 Å². The molecule has 0 amide bonds. The minimum Gasteiger partial charge on any atom is -0.463 e. The lowest BCUT2D eigenvalue weighted by atomic mass is 10.0. The summed E-state index contributed by atoms with van der Waals surface area (Å²) in [6.07, 6.45) is 1.03. The number of hydrogen-bond donors (Lipinski definition) is 0. The summed E-state index contributed by atoms with van der Waals surface area (Å²) in [5.74, 6) is -0.343. The predicted molar refractivity (Wildman–Crippen MR) is 75.5 cm³/mol. The van der Waals surface area contributed by atoms with E-state index in [1.165, 1.54) is 6.92 Å². The summed E-state index contributed by atoms with van der Waals surface area (Å²) in [7, 11) is 0. The summed E-state index contributed by atoms with van der Waals surface area (Å²) >= 11 is 0. The van der Waals surface area contributed by atoms with Crippen LogP contribution in [0.5, 0.6) is 0 Å². The summed E-state index contributed by atoms with van der Waals surface area (Å²) in [4.78, 5) is 34.2. The van der Waals surface area contributed by atoms with Crippen LogP contribution >= 0.6 is 0 Å². The van der Waals surface area contributed by atoms with Crippen molar-refractivity contribution in [2.24, 2.45) is 0 Å². The van der Waals surface area contributed by atoms with E-state index in [0.717, 1.165) is 0 Å². The first-order valence-electron chi connectivity index (χ1n) is 6.76. The molecule has 0 aliphatic heterocycles. The van der Waals surface area contributed by atoms with Crippen molar-refractivity contribution < 1.29 is 19.1 Å². The molecule has 0 spiro atoms. The van der Waals surface area contributed by atoms with E-state index in [2.05, 4.69) is 0 Å². The number of ketones is 2. The lowest BCUT2D eigenvalue weighted by Gasteiger charge is -2.10. The molecule has 1 rings (SSSR count). The monoisotopic (exact) mass is 276 g/mol. The van der Waals surface area contributed by atoms with Crippen LogP contribution in [0.25, 0.3) is 0 Å². The third-order valence-corrected chi connectivity index (χ3v) is 2.92. The normalized spacial score (nSPS) is 11.7. The highest BCUT2D eigenvalue weighted by atomic mass is 16.5. The first kappa shape index (κ1) is 16.1. The fourth-order valence-corrected chi connectivity index (χ4v) is 1.85. The van der Waals surface area contributed by atoms with Gasteiger partial charge in [-0.15, -0.1) is 0 Å². The Bertz CT molecular complexity index is 465. The molecule has 0 saturated heterocycles. The molecule has 0 saturated carbocycles. The number of ether oxygens (including phenoxy) is 1. The van der Waals surface area contributed by atoms with Crippen molar-refractivity contribution >= 4 is 17.5 Å². The minimum absolute atomic E-state index is 0.0213. The van der Waals surface area contributed by atoms with Gasteiger partial charge in [0, 0.05) is 31.7 Å². The topological polar surface area (TPSA) is 60.4 Å². The third-order valence-electron chi connectivity index (χ3n) is 2.92. The average molecular weight is 276 g/mol. The molecule has 0 bridgehead atoms. The van der Waals surface area contributed by atoms with Crippen LogP contribution in [0.4, 0.5) is 0 Å². The molecular formula is C16H20O4. The average Bonchev–Trinajstić information content (AvgIpc) is 2.42. The summed E-state index contributed by atoms with van der Waals surface area (Å²) < 4.78 is 4.94. The third kappa shape index (κ3) is 6.27. The Morgan fingerprint density at radius 3 is 2.30 bits per heavy atom. The van der Waals surface area contributed by atoms with Crippen LogP contribution in [-0.4, -0.2) is 23.6 Å². The van der Waals surface area contributed by atoms with E-state index < -0.39 is 0 Å². The van der Waals surface area contributed by atoms with Crippen LogP contribution < -0.4 is 0 Å². The fraction of sp³-hybridized carbons (Fsp3) is 0.438. The quantitative estimate of drug-likeness (QED) is 0.541. The summed E-state index contributed by atoms with van der Waals surface area (Å²) in [6.45, 7) is 3.10. The maximum absolute atomic E-state index is 11.8. The second-order valence-corrected chi connectivity index (χ2v) is 4.79. The van der Waals surface area contributed by atoms with Gasteiger partial charge in [-0.3, -0.25) is 14.4 Å². The summed E-state index contributed by atoms with van der Waals surface area (Å²) in [6, 6.07) is 8.94. The highest BCUT2D eigenvalue weighted by Gasteiger charge is 2.11. The van der Waals surface area contributed by atoms with Gasteiger partial charge in [-0.2, -0.15) is 0 Å². The number of carbonyl (C=O) groups is 3. The van der Waals surface area contributed by atoms with Crippen molar-refractivity contribution in [2.75, 3.05) is 0 Å². The first-order valence-corrected chi connectivity index (χ1v) is 6.76. The molecule has 0 aliphatic carbocycles. The smallest absolute Gasteiger partial charge is 0.302 e. The maximum atomic E-state index is 11.8. The molecule has 0 fully saturated rings. The zero-order valence-electron chi connectivity index (χ0n) is 11.9. The van der Waals surface area contributed by atoms with E-state index in [1.807, 2.05) is 6.07 Å². The zero-order chi connectivity index (χ0) is 15.0.